The second-order valence-corrected chi connectivity index (χ2v) is 7.73. The molecule has 0 saturated heterocycles. The number of ether oxygens (including phenoxy) is 1. The lowest BCUT2D eigenvalue weighted by Crippen LogP contribution is -2.36. The number of fused-ring (bicyclic) bond motifs is 1. The average molecular weight is 407 g/mol. The Morgan fingerprint density at radius 3 is 2.79 bits per heavy atom. The molecule has 29 heavy (non-hydrogen) atoms. The van der Waals surface area contributed by atoms with Crippen LogP contribution >= 0.6 is 11.3 Å². The van der Waals surface area contributed by atoms with Gasteiger partial charge in [0.1, 0.15) is 5.75 Å². The molecule has 0 aliphatic carbocycles. The number of hydrogen-bond donors (Lipinski definition) is 0. The van der Waals surface area contributed by atoms with Gasteiger partial charge in [0.2, 0.25) is 0 Å². The summed E-state index contributed by atoms with van der Waals surface area (Å²) >= 11 is 1.54. The number of hydrogen-bond acceptors (Lipinski definition) is 5. The van der Waals surface area contributed by atoms with E-state index in [9.17, 15) is 4.79 Å². The Bertz CT molecular complexity index is 1080. The van der Waals surface area contributed by atoms with Crippen molar-refractivity contribution in [1.82, 2.24) is 14.5 Å². The van der Waals surface area contributed by atoms with Gasteiger partial charge in [-0.2, -0.15) is 0 Å². The lowest BCUT2D eigenvalue weighted by molar-refractivity contribution is -0.120. The van der Waals surface area contributed by atoms with Crippen molar-refractivity contribution in [3.8, 4) is 5.75 Å². The maximum absolute atomic E-state index is 13.0. The number of thiazole rings is 1. The number of anilines is 1. The highest BCUT2D eigenvalue weighted by atomic mass is 32.1. The second-order valence-electron chi connectivity index (χ2n) is 6.72. The van der Waals surface area contributed by atoms with Gasteiger partial charge >= 0.3 is 0 Å². The van der Waals surface area contributed by atoms with E-state index in [4.69, 9.17) is 9.72 Å². The topological polar surface area (TPSA) is 60.2 Å². The zero-order valence-corrected chi connectivity index (χ0v) is 17.0. The molecule has 0 aliphatic heterocycles. The summed E-state index contributed by atoms with van der Waals surface area (Å²) in [6, 6.07) is 15.5. The largest absolute Gasteiger partial charge is 0.484 e. The summed E-state index contributed by atoms with van der Waals surface area (Å²) in [6.07, 6.45) is 6.26. The Hall–Kier alpha value is -3.19. The Morgan fingerprint density at radius 2 is 2.03 bits per heavy atom. The number of aryl methyl sites for hydroxylation is 2. The van der Waals surface area contributed by atoms with E-state index >= 15 is 0 Å². The molecule has 1 amide bonds. The number of para-hydroxylation sites is 2. The summed E-state index contributed by atoms with van der Waals surface area (Å²) in [4.78, 5) is 23.6. The minimum absolute atomic E-state index is 0.0238. The highest BCUT2D eigenvalue weighted by molar-refractivity contribution is 7.22. The molecule has 7 heteroatoms. The Balaban J connectivity index is 1.52. The minimum Gasteiger partial charge on any atom is -0.484 e. The number of aromatic nitrogens is 3. The van der Waals surface area contributed by atoms with Crippen molar-refractivity contribution in [3.05, 3.63) is 72.8 Å². The van der Waals surface area contributed by atoms with Crippen LogP contribution in [-0.2, 0) is 11.3 Å². The molecule has 6 nitrogen and oxygen atoms in total. The van der Waals surface area contributed by atoms with E-state index in [0.717, 1.165) is 28.7 Å². The number of benzene rings is 2. The summed E-state index contributed by atoms with van der Waals surface area (Å²) in [6.45, 7) is 3.36. The minimum atomic E-state index is -0.101. The maximum atomic E-state index is 13.0. The molecule has 4 aromatic rings. The third-order valence-electron chi connectivity index (χ3n) is 4.60. The molecule has 0 fully saturated rings. The molecule has 0 bridgehead atoms. The van der Waals surface area contributed by atoms with Crippen molar-refractivity contribution < 1.29 is 9.53 Å². The van der Waals surface area contributed by atoms with Crippen LogP contribution in [0.4, 0.5) is 5.13 Å². The quantitative estimate of drug-likeness (QED) is 0.438. The lowest BCUT2D eigenvalue weighted by atomic mass is 10.2. The van der Waals surface area contributed by atoms with Crippen LogP contribution in [0, 0.1) is 6.92 Å². The van der Waals surface area contributed by atoms with E-state index in [1.807, 2.05) is 66.2 Å². The predicted octanol–water partition coefficient (Wildman–Crippen LogP) is 4.30. The standard InChI is InChI=1S/C22H22N4O2S/c1-17-7-5-10-19-21(17)24-22(29-19)26(13-6-12-25-14-11-23-16-25)20(27)15-28-18-8-3-2-4-9-18/h2-5,7-11,14,16H,6,12-13,15H2,1H3. The monoisotopic (exact) mass is 406 g/mol. The lowest BCUT2D eigenvalue weighted by Gasteiger charge is -2.20. The van der Waals surface area contributed by atoms with Crippen LogP contribution in [0.2, 0.25) is 0 Å². The molecule has 148 valence electrons. The van der Waals surface area contributed by atoms with E-state index in [0.29, 0.717) is 17.4 Å². The normalized spacial score (nSPS) is 10.9. The van der Waals surface area contributed by atoms with Crippen molar-refractivity contribution in [2.45, 2.75) is 19.9 Å². The molecule has 0 N–H and O–H groups in total. The van der Waals surface area contributed by atoms with Crippen LogP contribution in [-0.4, -0.2) is 33.6 Å². The number of carbonyl (C=O) groups excluding carboxylic acids is 1. The summed E-state index contributed by atoms with van der Waals surface area (Å²) in [5.74, 6) is 0.579. The molecule has 0 spiro atoms. The van der Waals surface area contributed by atoms with E-state index in [1.165, 1.54) is 11.3 Å². The molecule has 2 aromatic carbocycles. The highest BCUT2D eigenvalue weighted by Crippen LogP contribution is 2.31. The molecule has 0 saturated carbocycles. The summed E-state index contributed by atoms with van der Waals surface area (Å²) in [7, 11) is 0. The average Bonchev–Trinajstić information content (AvgIpc) is 3.41. The first-order valence-corrected chi connectivity index (χ1v) is 10.3. The molecular formula is C22H22N4O2S. The molecule has 0 unspecified atom stereocenters. The van der Waals surface area contributed by atoms with Crippen LogP contribution in [0.15, 0.2) is 67.3 Å². The van der Waals surface area contributed by atoms with Crippen LogP contribution in [0.25, 0.3) is 10.2 Å². The third kappa shape index (κ3) is 4.63. The van der Waals surface area contributed by atoms with Gasteiger partial charge in [0.25, 0.3) is 5.91 Å². The number of amides is 1. The number of carbonyl (C=O) groups is 1. The van der Waals surface area contributed by atoms with Gasteiger partial charge in [0.15, 0.2) is 11.7 Å². The fraction of sp³-hybridized carbons (Fsp3) is 0.227. The van der Waals surface area contributed by atoms with Gasteiger partial charge in [0.05, 0.1) is 16.5 Å². The number of rotatable bonds is 8. The first kappa shape index (κ1) is 19.1. The fourth-order valence-corrected chi connectivity index (χ4v) is 4.17. The number of imidazole rings is 1. The smallest absolute Gasteiger partial charge is 0.266 e. The van der Waals surface area contributed by atoms with Crippen molar-refractivity contribution in [3.63, 3.8) is 0 Å². The highest BCUT2D eigenvalue weighted by Gasteiger charge is 2.20. The summed E-state index contributed by atoms with van der Waals surface area (Å²) < 4.78 is 8.78. The van der Waals surface area contributed by atoms with Gasteiger partial charge in [-0.25, -0.2) is 9.97 Å². The van der Waals surface area contributed by atoms with E-state index in [2.05, 4.69) is 4.98 Å². The second kappa shape index (κ2) is 8.87. The molecule has 2 aromatic heterocycles. The van der Waals surface area contributed by atoms with Gasteiger partial charge in [-0.1, -0.05) is 41.7 Å². The molecule has 0 aliphatic rings. The van der Waals surface area contributed by atoms with Gasteiger partial charge in [-0.3, -0.25) is 9.69 Å². The number of nitrogens with zero attached hydrogens (tertiary/aromatic N) is 4. The molecular weight excluding hydrogens is 384 g/mol. The third-order valence-corrected chi connectivity index (χ3v) is 5.65. The maximum Gasteiger partial charge on any atom is 0.266 e. The summed E-state index contributed by atoms with van der Waals surface area (Å²) in [5.41, 5.74) is 2.06. The zero-order valence-electron chi connectivity index (χ0n) is 16.2. The fourth-order valence-electron chi connectivity index (χ4n) is 3.09. The van der Waals surface area contributed by atoms with E-state index in [-0.39, 0.29) is 12.5 Å². The Morgan fingerprint density at radius 1 is 1.17 bits per heavy atom. The SMILES string of the molecule is Cc1cccc2sc(N(CCCn3ccnc3)C(=O)COc3ccccc3)nc12. The van der Waals surface area contributed by atoms with Crippen molar-refractivity contribution in [1.29, 1.82) is 0 Å². The Kier molecular flexibility index (Phi) is 5.86. The Labute approximate surface area is 173 Å². The van der Waals surface area contributed by atoms with Crippen LogP contribution in [0.3, 0.4) is 0 Å². The van der Waals surface area contributed by atoms with E-state index in [1.54, 1.807) is 17.4 Å². The zero-order chi connectivity index (χ0) is 20.1. The van der Waals surface area contributed by atoms with Crippen LogP contribution < -0.4 is 9.64 Å². The molecule has 0 atom stereocenters. The van der Waals surface area contributed by atoms with Crippen LogP contribution in [0.1, 0.15) is 12.0 Å². The van der Waals surface area contributed by atoms with Gasteiger partial charge in [-0.15, -0.1) is 0 Å². The molecule has 4 rings (SSSR count). The van der Waals surface area contributed by atoms with Crippen molar-refractivity contribution in [2.24, 2.45) is 0 Å². The van der Waals surface area contributed by atoms with Gasteiger partial charge in [-0.05, 0) is 37.1 Å². The van der Waals surface area contributed by atoms with Crippen molar-refractivity contribution in [2.75, 3.05) is 18.1 Å². The van der Waals surface area contributed by atoms with Gasteiger partial charge in [0, 0.05) is 25.5 Å². The first-order chi connectivity index (χ1) is 14.2. The summed E-state index contributed by atoms with van der Waals surface area (Å²) in [5, 5.41) is 0.710. The van der Waals surface area contributed by atoms with Crippen LogP contribution in [0.5, 0.6) is 5.75 Å². The molecule has 2 heterocycles. The van der Waals surface area contributed by atoms with Gasteiger partial charge < -0.3 is 9.30 Å². The predicted molar refractivity (Wildman–Crippen MR) is 115 cm³/mol. The van der Waals surface area contributed by atoms with Crippen molar-refractivity contribution >= 4 is 32.6 Å². The first-order valence-electron chi connectivity index (χ1n) is 9.51. The van der Waals surface area contributed by atoms with E-state index < -0.39 is 0 Å². The molecule has 0 radical (unpaired) electrons.